The Morgan fingerprint density at radius 3 is 2.32 bits per heavy atom. The number of rotatable bonds is 10. The summed E-state index contributed by atoms with van der Waals surface area (Å²) in [5.41, 5.74) is 15.3. The molecule has 0 unspecified atom stereocenters. The number of esters is 1. The van der Waals surface area contributed by atoms with Gasteiger partial charge >= 0.3 is 5.97 Å². The SMILES string of the molecule is CCCCCCCCOC(=O)CCc1cc(N)c(N)c(C(C)(C)C)c1. The molecule has 0 radical (unpaired) electrons. The Morgan fingerprint density at radius 1 is 1.04 bits per heavy atom. The van der Waals surface area contributed by atoms with Crippen LogP contribution in [0.2, 0.25) is 0 Å². The fourth-order valence-electron chi connectivity index (χ4n) is 2.89. The predicted molar refractivity (Wildman–Crippen MR) is 107 cm³/mol. The third-order valence-corrected chi connectivity index (χ3v) is 4.46. The second-order valence-electron chi connectivity index (χ2n) is 7.88. The van der Waals surface area contributed by atoms with Crippen LogP contribution in [-0.2, 0) is 21.4 Å². The molecule has 0 aliphatic heterocycles. The average Bonchev–Trinajstić information content (AvgIpc) is 2.53. The molecular formula is C21H36N2O2. The Balaban J connectivity index is 2.40. The summed E-state index contributed by atoms with van der Waals surface area (Å²) in [4.78, 5) is 11.9. The number of benzene rings is 1. The monoisotopic (exact) mass is 348 g/mol. The summed E-state index contributed by atoms with van der Waals surface area (Å²) in [7, 11) is 0. The van der Waals surface area contributed by atoms with Gasteiger partial charge in [0.25, 0.3) is 0 Å². The Morgan fingerprint density at radius 2 is 1.68 bits per heavy atom. The minimum atomic E-state index is -0.138. The van der Waals surface area contributed by atoms with Crippen molar-refractivity contribution in [1.29, 1.82) is 0 Å². The van der Waals surface area contributed by atoms with Gasteiger partial charge in [-0.15, -0.1) is 0 Å². The highest BCUT2D eigenvalue weighted by molar-refractivity contribution is 5.72. The molecule has 0 atom stereocenters. The molecule has 4 nitrogen and oxygen atoms in total. The topological polar surface area (TPSA) is 78.3 Å². The molecule has 0 aliphatic carbocycles. The lowest BCUT2D eigenvalue weighted by atomic mass is 9.84. The van der Waals surface area contributed by atoms with Crippen LogP contribution in [0.4, 0.5) is 11.4 Å². The summed E-state index contributed by atoms with van der Waals surface area (Å²) >= 11 is 0. The van der Waals surface area contributed by atoms with E-state index < -0.39 is 0 Å². The third-order valence-electron chi connectivity index (χ3n) is 4.46. The van der Waals surface area contributed by atoms with Crippen LogP contribution in [-0.4, -0.2) is 12.6 Å². The molecule has 1 rings (SSSR count). The largest absolute Gasteiger partial charge is 0.466 e. The van der Waals surface area contributed by atoms with Gasteiger partial charge in [0.05, 0.1) is 18.0 Å². The van der Waals surface area contributed by atoms with Crippen LogP contribution in [0.3, 0.4) is 0 Å². The van der Waals surface area contributed by atoms with Gasteiger partial charge < -0.3 is 16.2 Å². The van der Waals surface area contributed by atoms with Crippen molar-refractivity contribution in [3.63, 3.8) is 0 Å². The minimum Gasteiger partial charge on any atom is -0.466 e. The van der Waals surface area contributed by atoms with E-state index in [1.807, 2.05) is 6.07 Å². The molecule has 1 aromatic rings. The summed E-state index contributed by atoms with van der Waals surface area (Å²) in [6.07, 6.45) is 8.15. The molecule has 0 bridgehead atoms. The van der Waals surface area contributed by atoms with Crippen LogP contribution in [0.1, 0.15) is 83.8 Å². The van der Waals surface area contributed by atoms with Crippen LogP contribution in [0.5, 0.6) is 0 Å². The molecule has 0 aromatic heterocycles. The molecule has 4 heteroatoms. The van der Waals surface area contributed by atoms with Gasteiger partial charge in [-0.3, -0.25) is 4.79 Å². The molecular weight excluding hydrogens is 312 g/mol. The van der Waals surface area contributed by atoms with Crippen molar-refractivity contribution in [3.8, 4) is 0 Å². The highest BCUT2D eigenvalue weighted by Crippen LogP contribution is 2.33. The molecule has 4 N–H and O–H groups in total. The minimum absolute atomic E-state index is 0.0769. The molecule has 0 heterocycles. The Hall–Kier alpha value is -1.71. The van der Waals surface area contributed by atoms with Crippen molar-refractivity contribution in [1.82, 2.24) is 0 Å². The molecule has 0 saturated carbocycles. The molecule has 0 amide bonds. The van der Waals surface area contributed by atoms with Crippen molar-refractivity contribution in [3.05, 3.63) is 23.3 Å². The van der Waals surface area contributed by atoms with Crippen LogP contribution in [0.25, 0.3) is 0 Å². The van der Waals surface area contributed by atoms with E-state index in [2.05, 4.69) is 33.8 Å². The Bertz CT molecular complexity index is 548. The summed E-state index contributed by atoms with van der Waals surface area (Å²) < 4.78 is 5.33. The van der Waals surface area contributed by atoms with Crippen molar-refractivity contribution >= 4 is 17.3 Å². The lowest BCUT2D eigenvalue weighted by Gasteiger charge is -2.23. The van der Waals surface area contributed by atoms with E-state index in [0.29, 0.717) is 30.8 Å². The number of nitrogens with two attached hydrogens (primary N) is 2. The predicted octanol–water partition coefficient (Wildman–Crippen LogP) is 4.98. The van der Waals surface area contributed by atoms with Crippen molar-refractivity contribution in [2.45, 2.75) is 84.5 Å². The van der Waals surface area contributed by atoms with E-state index in [-0.39, 0.29) is 11.4 Å². The average molecular weight is 349 g/mol. The zero-order chi connectivity index (χ0) is 18.9. The van der Waals surface area contributed by atoms with Crippen molar-refractivity contribution in [2.75, 3.05) is 18.1 Å². The summed E-state index contributed by atoms with van der Waals surface area (Å²) in [5, 5.41) is 0. The first-order valence-electron chi connectivity index (χ1n) is 9.59. The lowest BCUT2D eigenvalue weighted by molar-refractivity contribution is -0.143. The van der Waals surface area contributed by atoms with Crippen molar-refractivity contribution < 1.29 is 9.53 Å². The summed E-state index contributed by atoms with van der Waals surface area (Å²) in [6.45, 7) is 9.06. The van der Waals surface area contributed by atoms with E-state index in [4.69, 9.17) is 16.2 Å². The van der Waals surface area contributed by atoms with Gasteiger partial charge in [0.2, 0.25) is 0 Å². The highest BCUT2D eigenvalue weighted by Gasteiger charge is 2.19. The fraction of sp³-hybridized carbons (Fsp3) is 0.667. The van der Waals surface area contributed by atoms with Gasteiger partial charge in [-0.1, -0.05) is 65.9 Å². The van der Waals surface area contributed by atoms with E-state index in [0.717, 1.165) is 24.0 Å². The van der Waals surface area contributed by atoms with Gasteiger partial charge in [0.15, 0.2) is 0 Å². The number of hydrogen-bond acceptors (Lipinski definition) is 4. The zero-order valence-electron chi connectivity index (χ0n) is 16.5. The number of anilines is 2. The molecule has 0 aliphatic rings. The molecule has 25 heavy (non-hydrogen) atoms. The fourth-order valence-corrected chi connectivity index (χ4v) is 2.89. The highest BCUT2D eigenvalue weighted by atomic mass is 16.5. The number of carbonyl (C=O) groups excluding carboxylic acids is 1. The molecule has 142 valence electrons. The van der Waals surface area contributed by atoms with E-state index in [9.17, 15) is 4.79 Å². The quantitative estimate of drug-likeness (QED) is 0.355. The van der Waals surface area contributed by atoms with Crippen LogP contribution >= 0.6 is 0 Å². The van der Waals surface area contributed by atoms with Gasteiger partial charge in [0.1, 0.15) is 0 Å². The Labute approximate surface area is 153 Å². The van der Waals surface area contributed by atoms with Crippen molar-refractivity contribution in [2.24, 2.45) is 0 Å². The van der Waals surface area contributed by atoms with E-state index in [1.165, 1.54) is 25.7 Å². The first-order chi connectivity index (χ1) is 11.8. The maximum absolute atomic E-state index is 11.9. The van der Waals surface area contributed by atoms with Gasteiger partial charge in [0, 0.05) is 6.42 Å². The number of unbranched alkanes of at least 4 members (excludes halogenated alkanes) is 5. The van der Waals surface area contributed by atoms with E-state index in [1.54, 1.807) is 0 Å². The maximum Gasteiger partial charge on any atom is 0.306 e. The zero-order valence-corrected chi connectivity index (χ0v) is 16.5. The Kier molecular flexibility index (Phi) is 8.81. The van der Waals surface area contributed by atoms with Crippen LogP contribution < -0.4 is 11.5 Å². The normalized spacial score (nSPS) is 11.5. The molecule has 1 aromatic carbocycles. The lowest BCUT2D eigenvalue weighted by Crippen LogP contribution is -2.16. The first-order valence-corrected chi connectivity index (χ1v) is 9.59. The number of nitrogen functional groups attached to an aromatic ring is 2. The second kappa shape index (κ2) is 10.3. The number of carbonyl (C=O) groups is 1. The van der Waals surface area contributed by atoms with Gasteiger partial charge in [-0.2, -0.15) is 0 Å². The third kappa shape index (κ3) is 7.80. The standard InChI is InChI=1S/C21H36N2O2/c1-5-6-7-8-9-10-13-25-19(24)12-11-16-14-17(21(2,3)4)20(23)18(22)15-16/h14-15H,5-13,22-23H2,1-4H3. The van der Waals surface area contributed by atoms with Crippen LogP contribution in [0, 0.1) is 0 Å². The molecule has 0 fully saturated rings. The maximum atomic E-state index is 11.9. The number of hydrogen-bond donors (Lipinski definition) is 2. The number of aryl methyl sites for hydroxylation is 1. The van der Waals surface area contributed by atoms with Gasteiger partial charge in [-0.25, -0.2) is 0 Å². The van der Waals surface area contributed by atoms with Crippen LogP contribution in [0.15, 0.2) is 12.1 Å². The van der Waals surface area contributed by atoms with E-state index >= 15 is 0 Å². The van der Waals surface area contributed by atoms with Gasteiger partial charge in [-0.05, 0) is 35.4 Å². The summed E-state index contributed by atoms with van der Waals surface area (Å²) in [6, 6.07) is 3.93. The molecule has 0 spiro atoms. The first kappa shape index (κ1) is 21.3. The summed E-state index contributed by atoms with van der Waals surface area (Å²) in [5.74, 6) is -0.138. The smallest absolute Gasteiger partial charge is 0.306 e. The second-order valence-corrected chi connectivity index (χ2v) is 7.88. The molecule has 0 saturated heterocycles. The number of ether oxygens (including phenoxy) is 1.